The second-order valence-electron chi connectivity index (χ2n) is 4.00. The van der Waals surface area contributed by atoms with Gasteiger partial charge in [-0.1, -0.05) is 0 Å². The molecule has 2 rings (SSSR count). The molecule has 2 unspecified atom stereocenters. The number of hydrogen-bond donors (Lipinski definition) is 2. The third-order valence-electron chi connectivity index (χ3n) is 2.97. The third kappa shape index (κ3) is 1.56. The lowest BCUT2D eigenvalue weighted by atomic mass is 10.0. The Bertz CT molecular complexity index is 213. The van der Waals surface area contributed by atoms with Crippen LogP contribution in [0.25, 0.3) is 0 Å². The summed E-state index contributed by atoms with van der Waals surface area (Å²) in [4.78, 5) is 13.3. The molecule has 1 saturated heterocycles. The number of carbonyl (C=O) groups is 1. The van der Waals surface area contributed by atoms with Gasteiger partial charge >= 0.3 is 0 Å². The van der Waals surface area contributed by atoms with Crippen molar-refractivity contribution in [2.24, 2.45) is 5.92 Å². The standard InChI is InChI=1S/C9H15NO3/c11-6-4-10(5-6)9(13)7-2-1-3-8(7)12/h6-8,11-12H,1-5H2. The average Bonchev–Trinajstić information content (AvgIpc) is 2.44. The first-order valence-corrected chi connectivity index (χ1v) is 4.83. The van der Waals surface area contributed by atoms with E-state index in [2.05, 4.69) is 0 Å². The van der Waals surface area contributed by atoms with Gasteiger partial charge in [0.1, 0.15) is 0 Å². The van der Waals surface area contributed by atoms with Gasteiger partial charge in [0.05, 0.1) is 18.1 Å². The zero-order valence-electron chi connectivity index (χ0n) is 7.52. The molecule has 2 N–H and O–H groups in total. The van der Waals surface area contributed by atoms with Crippen LogP contribution in [0.1, 0.15) is 19.3 Å². The smallest absolute Gasteiger partial charge is 0.228 e. The van der Waals surface area contributed by atoms with E-state index in [4.69, 9.17) is 5.11 Å². The predicted octanol–water partition coefficient (Wildman–Crippen LogP) is -0.649. The first-order valence-electron chi connectivity index (χ1n) is 4.83. The number of aliphatic hydroxyl groups excluding tert-OH is 2. The maximum atomic E-state index is 11.6. The largest absolute Gasteiger partial charge is 0.392 e. The fourth-order valence-electron chi connectivity index (χ4n) is 2.10. The maximum Gasteiger partial charge on any atom is 0.228 e. The van der Waals surface area contributed by atoms with Crippen LogP contribution in [-0.2, 0) is 4.79 Å². The van der Waals surface area contributed by atoms with Crippen molar-refractivity contribution in [1.82, 2.24) is 4.90 Å². The Hall–Kier alpha value is -0.610. The summed E-state index contributed by atoms with van der Waals surface area (Å²) in [5, 5.41) is 18.5. The van der Waals surface area contributed by atoms with Gasteiger partial charge < -0.3 is 15.1 Å². The molecule has 1 aliphatic carbocycles. The Labute approximate surface area is 77.2 Å². The highest BCUT2D eigenvalue weighted by atomic mass is 16.3. The van der Waals surface area contributed by atoms with Crippen molar-refractivity contribution in [3.8, 4) is 0 Å². The van der Waals surface area contributed by atoms with Crippen molar-refractivity contribution in [3.05, 3.63) is 0 Å². The highest BCUT2D eigenvalue weighted by Gasteiger charge is 2.38. The molecule has 0 aromatic heterocycles. The molecule has 1 aliphatic heterocycles. The van der Waals surface area contributed by atoms with Crippen LogP contribution in [0.5, 0.6) is 0 Å². The molecule has 0 bridgehead atoms. The normalized spacial score (nSPS) is 34.8. The number of likely N-dealkylation sites (tertiary alicyclic amines) is 1. The summed E-state index contributed by atoms with van der Waals surface area (Å²) in [6, 6.07) is 0. The summed E-state index contributed by atoms with van der Waals surface area (Å²) >= 11 is 0. The van der Waals surface area contributed by atoms with Crippen LogP contribution in [0.15, 0.2) is 0 Å². The molecule has 1 saturated carbocycles. The van der Waals surface area contributed by atoms with Gasteiger partial charge in [-0.15, -0.1) is 0 Å². The number of nitrogens with zero attached hydrogens (tertiary/aromatic N) is 1. The summed E-state index contributed by atoms with van der Waals surface area (Å²) in [5.74, 6) is -0.178. The minimum Gasteiger partial charge on any atom is -0.392 e. The van der Waals surface area contributed by atoms with E-state index in [1.165, 1.54) is 0 Å². The number of rotatable bonds is 1. The minimum atomic E-state index is -0.453. The van der Waals surface area contributed by atoms with Crippen LogP contribution < -0.4 is 0 Å². The lowest BCUT2D eigenvalue weighted by Crippen LogP contribution is -2.56. The van der Waals surface area contributed by atoms with Crippen molar-refractivity contribution in [1.29, 1.82) is 0 Å². The predicted molar refractivity (Wildman–Crippen MR) is 45.9 cm³/mol. The van der Waals surface area contributed by atoms with E-state index in [-0.39, 0.29) is 17.9 Å². The Morgan fingerprint density at radius 1 is 1.23 bits per heavy atom. The van der Waals surface area contributed by atoms with E-state index < -0.39 is 6.10 Å². The highest BCUT2D eigenvalue weighted by Crippen LogP contribution is 2.28. The van der Waals surface area contributed by atoms with E-state index in [9.17, 15) is 9.90 Å². The van der Waals surface area contributed by atoms with E-state index in [1.54, 1.807) is 4.90 Å². The number of amides is 1. The molecule has 1 amide bonds. The third-order valence-corrected chi connectivity index (χ3v) is 2.97. The van der Waals surface area contributed by atoms with Crippen LogP contribution in [0.4, 0.5) is 0 Å². The first-order chi connectivity index (χ1) is 6.18. The number of hydrogen-bond acceptors (Lipinski definition) is 3. The van der Waals surface area contributed by atoms with Gasteiger partial charge in [0, 0.05) is 13.1 Å². The molecule has 1 heterocycles. The van der Waals surface area contributed by atoms with Gasteiger partial charge in [-0.3, -0.25) is 4.79 Å². The van der Waals surface area contributed by atoms with Crippen molar-refractivity contribution in [2.45, 2.75) is 31.5 Å². The van der Waals surface area contributed by atoms with Gasteiger partial charge in [0.15, 0.2) is 0 Å². The molecule has 4 nitrogen and oxygen atoms in total. The highest BCUT2D eigenvalue weighted by molar-refractivity contribution is 5.80. The van der Waals surface area contributed by atoms with Gasteiger partial charge in [0.2, 0.25) is 5.91 Å². The Morgan fingerprint density at radius 3 is 2.38 bits per heavy atom. The summed E-state index contributed by atoms with van der Waals surface area (Å²) in [6.07, 6.45) is 1.68. The Morgan fingerprint density at radius 2 is 1.92 bits per heavy atom. The van der Waals surface area contributed by atoms with Gasteiger partial charge in [-0.05, 0) is 19.3 Å². The Balaban J connectivity index is 1.89. The zero-order valence-corrected chi connectivity index (χ0v) is 7.52. The summed E-state index contributed by atoms with van der Waals surface area (Å²) in [7, 11) is 0. The van der Waals surface area contributed by atoms with Gasteiger partial charge in [-0.2, -0.15) is 0 Å². The summed E-state index contributed by atoms with van der Waals surface area (Å²) in [6.45, 7) is 0.893. The topological polar surface area (TPSA) is 60.8 Å². The van der Waals surface area contributed by atoms with Crippen LogP contribution in [-0.4, -0.2) is 46.3 Å². The van der Waals surface area contributed by atoms with Crippen molar-refractivity contribution in [2.75, 3.05) is 13.1 Å². The molecular weight excluding hydrogens is 170 g/mol. The maximum absolute atomic E-state index is 11.6. The summed E-state index contributed by atoms with van der Waals surface area (Å²) in [5.41, 5.74) is 0. The fraction of sp³-hybridized carbons (Fsp3) is 0.889. The fourth-order valence-corrected chi connectivity index (χ4v) is 2.10. The lowest BCUT2D eigenvalue weighted by Gasteiger charge is -2.38. The van der Waals surface area contributed by atoms with Gasteiger partial charge in [0.25, 0.3) is 0 Å². The van der Waals surface area contributed by atoms with Crippen molar-refractivity contribution in [3.63, 3.8) is 0 Å². The Kier molecular flexibility index (Phi) is 2.26. The molecule has 2 fully saturated rings. The molecule has 0 aromatic rings. The molecule has 74 valence electrons. The van der Waals surface area contributed by atoms with E-state index in [0.29, 0.717) is 13.1 Å². The van der Waals surface area contributed by atoms with Crippen molar-refractivity contribution < 1.29 is 15.0 Å². The number of β-amino-alcohol motifs (C(OH)–C–C–N with tert-alkyl or cyclic N) is 1. The number of carbonyl (C=O) groups excluding carboxylic acids is 1. The summed E-state index contributed by atoms with van der Waals surface area (Å²) < 4.78 is 0. The van der Waals surface area contributed by atoms with Crippen LogP contribution in [0.3, 0.4) is 0 Å². The van der Waals surface area contributed by atoms with E-state index in [1.807, 2.05) is 0 Å². The van der Waals surface area contributed by atoms with Gasteiger partial charge in [-0.25, -0.2) is 0 Å². The lowest BCUT2D eigenvalue weighted by molar-refractivity contribution is -0.148. The first kappa shape index (κ1) is 8.97. The SMILES string of the molecule is O=C(C1CCCC1O)N1CC(O)C1. The molecule has 4 heteroatoms. The zero-order chi connectivity index (χ0) is 9.42. The molecule has 2 atom stereocenters. The molecule has 2 aliphatic rings. The molecule has 13 heavy (non-hydrogen) atoms. The van der Waals surface area contributed by atoms with Crippen LogP contribution in [0.2, 0.25) is 0 Å². The second-order valence-corrected chi connectivity index (χ2v) is 4.00. The molecular formula is C9H15NO3. The van der Waals surface area contributed by atoms with E-state index >= 15 is 0 Å². The van der Waals surface area contributed by atoms with E-state index in [0.717, 1.165) is 19.3 Å². The van der Waals surface area contributed by atoms with Crippen molar-refractivity contribution >= 4 is 5.91 Å². The molecule has 0 radical (unpaired) electrons. The van der Waals surface area contributed by atoms with Crippen LogP contribution >= 0.6 is 0 Å². The second kappa shape index (κ2) is 3.27. The van der Waals surface area contributed by atoms with Crippen LogP contribution in [0, 0.1) is 5.92 Å². The monoisotopic (exact) mass is 185 g/mol. The minimum absolute atomic E-state index is 0.0234. The molecule has 0 spiro atoms. The quantitative estimate of drug-likeness (QED) is 0.570. The average molecular weight is 185 g/mol. The number of aliphatic hydroxyl groups is 2. The molecule has 0 aromatic carbocycles.